The van der Waals surface area contributed by atoms with Gasteiger partial charge in [-0.15, -0.1) is 0 Å². The molecular weight excluding hydrogens is 237 g/mol. The van der Waals surface area contributed by atoms with Crippen molar-refractivity contribution in [2.45, 2.75) is 44.0 Å². The van der Waals surface area contributed by atoms with Crippen molar-refractivity contribution in [1.29, 1.82) is 0 Å². The molecule has 100 valence electrons. The summed E-state index contributed by atoms with van der Waals surface area (Å²) in [6.45, 7) is 2.22. The maximum Gasteiger partial charge on any atom is 0.415 e. The highest BCUT2D eigenvalue weighted by Crippen LogP contribution is 2.31. The molecule has 1 amide bonds. The molecule has 3 N–H and O–H groups in total. The van der Waals surface area contributed by atoms with Crippen LogP contribution in [0.15, 0.2) is 0 Å². The molecule has 0 aromatic carbocycles. The molecule has 2 atom stereocenters. The number of nitrogens with zero attached hydrogens (tertiary/aromatic N) is 1. The first-order chi connectivity index (χ1) is 7.47. The van der Waals surface area contributed by atoms with Gasteiger partial charge in [-0.1, -0.05) is 0 Å². The number of piperidine rings is 1. The van der Waals surface area contributed by atoms with Gasteiger partial charge in [-0.3, -0.25) is 4.79 Å². The topological polar surface area (TPSA) is 66.6 Å². The molecule has 7 heteroatoms. The first-order valence-corrected chi connectivity index (χ1v) is 5.35. The summed E-state index contributed by atoms with van der Waals surface area (Å²) in [4.78, 5) is 12.7. The number of hydrogen-bond acceptors (Lipinski definition) is 3. The second-order valence-corrected chi connectivity index (χ2v) is 5.03. The maximum absolute atomic E-state index is 12.6. The van der Waals surface area contributed by atoms with Gasteiger partial charge in [0, 0.05) is 13.1 Å². The second-order valence-electron chi connectivity index (χ2n) is 5.03. The minimum Gasteiger partial charge on any atom is -0.388 e. The molecule has 1 fully saturated rings. The third-order valence-electron chi connectivity index (χ3n) is 3.00. The molecule has 0 saturated carbocycles. The van der Waals surface area contributed by atoms with Crippen LogP contribution in [0.4, 0.5) is 13.2 Å². The van der Waals surface area contributed by atoms with Crippen LogP contribution in [0.5, 0.6) is 0 Å². The van der Waals surface area contributed by atoms with Crippen LogP contribution in [0, 0.1) is 0 Å². The fourth-order valence-electron chi connectivity index (χ4n) is 1.84. The Kier molecular flexibility index (Phi) is 3.46. The van der Waals surface area contributed by atoms with Gasteiger partial charge in [-0.2, -0.15) is 13.2 Å². The van der Waals surface area contributed by atoms with Crippen LogP contribution in [0.1, 0.15) is 26.7 Å². The fourth-order valence-corrected chi connectivity index (χ4v) is 1.84. The van der Waals surface area contributed by atoms with Crippen molar-refractivity contribution in [3.63, 3.8) is 0 Å². The summed E-state index contributed by atoms with van der Waals surface area (Å²) in [5, 5.41) is 9.75. The molecule has 1 aliphatic rings. The summed E-state index contributed by atoms with van der Waals surface area (Å²) >= 11 is 0. The van der Waals surface area contributed by atoms with Crippen LogP contribution in [0.2, 0.25) is 0 Å². The first-order valence-electron chi connectivity index (χ1n) is 5.35. The van der Waals surface area contributed by atoms with Crippen molar-refractivity contribution in [3.8, 4) is 0 Å². The Morgan fingerprint density at radius 2 is 2.00 bits per heavy atom. The molecule has 2 unspecified atom stereocenters. The van der Waals surface area contributed by atoms with Gasteiger partial charge < -0.3 is 15.7 Å². The van der Waals surface area contributed by atoms with Crippen molar-refractivity contribution >= 4 is 5.91 Å². The largest absolute Gasteiger partial charge is 0.415 e. The molecule has 0 aromatic heterocycles. The summed E-state index contributed by atoms with van der Waals surface area (Å²) in [5.74, 6) is -1.19. The molecular formula is C10H17F3N2O2. The average Bonchev–Trinajstić information content (AvgIpc) is 2.13. The van der Waals surface area contributed by atoms with Gasteiger partial charge in [0.05, 0.1) is 5.60 Å². The summed E-state index contributed by atoms with van der Waals surface area (Å²) in [6.07, 6.45) is -3.87. The summed E-state index contributed by atoms with van der Waals surface area (Å²) in [6, 6.07) is 0. The lowest BCUT2D eigenvalue weighted by atomic mass is 9.92. The van der Waals surface area contributed by atoms with Crippen LogP contribution in [0.25, 0.3) is 0 Å². The number of nitrogens with two attached hydrogens (primary N) is 1. The van der Waals surface area contributed by atoms with Crippen molar-refractivity contribution < 1.29 is 23.1 Å². The molecule has 4 nitrogen and oxygen atoms in total. The van der Waals surface area contributed by atoms with Gasteiger partial charge in [-0.25, -0.2) is 0 Å². The number of rotatable bonds is 1. The number of likely N-dealkylation sites (tertiary alicyclic amines) is 1. The predicted octanol–water partition coefficient (Wildman–Crippen LogP) is 0.639. The zero-order valence-corrected chi connectivity index (χ0v) is 9.84. The van der Waals surface area contributed by atoms with E-state index in [1.165, 1.54) is 6.92 Å². The van der Waals surface area contributed by atoms with E-state index in [-0.39, 0.29) is 13.1 Å². The molecule has 17 heavy (non-hydrogen) atoms. The van der Waals surface area contributed by atoms with Crippen molar-refractivity contribution in [2.75, 3.05) is 13.1 Å². The number of amides is 1. The fraction of sp³-hybridized carbons (Fsp3) is 0.900. The Hall–Kier alpha value is -0.820. The Bertz CT molecular complexity index is 313. The first kappa shape index (κ1) is 14.2. The van der Waals surface area contributed by atoms with E-state index in [4.69, 9.17) is 5.73 Å². The summed E-state index contributed by atoms with van der Waals surface area (Å²) in [5.41, 5.74) is 1.01. The number of alkyl halides is 3. The number of β-amino-alcohol motifs (C(OH)–C–C–N with tert-alkyl or cyclic N) is 1. The van der Waals surface area contributed by atoms with Gasteiger partial charge >= 0.3 is 6.18 Å². The minimum absolute atomic E-state index is 0.116. The standard InChI is InChI=1S/C10H17F3N2O2/c1-8(17)4-3-5-15(6-8)7(16)9(2,14)10(11,12)13/h17H,3-6,14H2,1-2H3. The van der Waals surface area contributed by atoms with E-state index in [0.717, 1.165) is 4.90 Å². The lowest BCUT2D eigenvalue weighted by molar-refractivity contribution is -0.196. The van der Waals surface area contributed by atoms with E-state index >= 15 is 0 Å². The normalized spacial score (nSPS) is 29.9. The molecule has 1 aliphatic heterocycles. The number of aliphatic hydroxyl groups is 1. The number of carbonyl (C=O) groups excluding carboxylic acids is 1. The molecule has 0 aliphatic carbocycles. The number of carbonyl (C=O) groups is 1. The van der Waals surface area contributed by atoms with Crippen molar-refractivity contribution in [1.82, 2.24) is 4.90 Å². The smallest absolute Gasteiger partial charge is 0.388 e. The molecule has 1 saturated heterocycles. The molecule has 1 rings (SSSR count). The van der Waals surface area contributed by atoms with Crippen molar-refractivity contribution in [2.24, 2.45) is 5.73 Å². The third kappa shape index (κ3) is 2.90. The van der Waals surface area contributed by atoms with E-state index in [2.05, 4.69) is 0 Å². The Morgan fingerprint density at radius 3 is 2.41 bits per heavy atom. The number of halogens is 3. The van der Waals surface area contributed by atoms with Gasteiger partial charge in [0.1, 0.15) is 0 Å². The highest BCUT2D eigenvalue weighted by Gasteiger charge is 2.56. The van der Waals surface area contributed by atoms with Gasteiger partial charge in [0.2, 0.25) is 0 Å². The van der Waals surface area contributed by atoms with Gasteiger partial charge in [-0.05, 0) is 26.7 Å². The highest BCUT2D eigenvalue weighted by molar-refractivity contribution is 5.86. The lowest BCUT2D eigenvalue weighted by Gasteiger charge is -2.40. The van der Waals surface area contributed by atoms with Crippen molar-refractivity contribution in [3.05, 3.63) is 0 Å². The lowest BCUT2D eigenvalue weighted by Crippen LogP contribution is -2.64. The average molecular weight is 254 g/mol. The van der Waals surface area contributed by atoms with E-state index in [1.807, 2.05) is 0 Å². The zero-order valence-electron chi connectivity index (χ0n) is 9.84. The Labute approximate surface area is 97.6 Å². The quantitative estimate of drug-likeness (QED) is 0.721. The van der Waals surface area contributed by atoms with Crippen LogP contribution >= 0.6 is 0 Å². The molecule has 1 heterocycles. The second kappa shape index (κ2) is 4.13. The predicted molar refractivity (Wildman–Crippen MR) is 55.1 cm³/mol. The minimum atomic E-state index is -4.80. The highest BCUT2D eigenvalue weighted by atomic mass is 19.4. The zero-order chi connectivity index (χ0) is 13.5. The van der Waals surface area contributed by atoms with Crippen LogP contribution in [-0.4, -0.2) is 46.3 Å². The van der Waals surface area contributed by atoms with Crippen LogP contribution in [-0.2, 0) is 4.79 Å². The van der Waals surface area contributed by atoms with E-state index < -0.39 is 23.2 Å². The van der Waals surface area contributed by atoms with E-state index in [0.29, 0.717) is 19.8 Å². The summed E-state index contributed by atoms with van der Waals surface area (Å²) < 4.78 is 37.8. The van der Waals surface area contributed by atoms with Crippen LogP contribution in [0.3, 0.4) is 0 Å². The molecule has 0 spiro atoms. The Balaban J connectivity index is 2.84. The maximum atomic E-state index is 12.6. The molecule has 0 aromatic rings. The van der Waals surface area contributed by atoms with Gasteiger partial charge in [0.25, 0.3) is 5.91 Å². The number of hydrogen-bond donors (Lipinski definition) is 2. The van der Waals surface area contributed by atoms with Gasteiger partial charge in [0.15, 0.2) is 5.54 Å². The molecule has 0 bridgehead atoms. The summed E-state index contributed by atoms with van der Waals surface area (Å²) in [7, 11) is 0. The SMILES string of the molecule is CC1(O)CCCN(C(=O)C(C)(N)C(F)(F)F)C1. The van der Waals surface area contributed by atoms with E-state index in [1.54, 1.807) is 0 Å². The Morgan fingerprint density at radius 1 is 1.47 bits per heavy atom. The van der Waals surface area contributed by atoms with Crippen LogP contribution < -0.4 is 5.73 Å². The monoisotopic (exact) mass is 254 g/mol. The molecule has 0 radical (unpaired) electrons. The van der Waals surface area contributed by atoms with E-state index in [9.17, 15) is 23.1 Å². The third-order valence-corrected chi connectivity index (χ3v) is 3.00.